The van der Waals surface area contributed by atoms with E-state index in [9.17, 15) is 0 Å². The van der Waals surface area contributed by atoms with Gasteiger partial charge in [-0.05, 0) is 31.1 Å². The van der Waals surface area contributed by atoms with Crippen molar-refractivity contribution in [2.75, 3.05) is 5.73 Å². The first kappa shape index (κ1) is 10.9. The van der Waals surface area contributed by atoms with E-state index in [1.165, 1.54) is 25.7 Å². The van der Waals surface area contributed by atoms with Gasteiger partial charge in [0.15, 0.2) is 0 Å². The quantitative estimate of drug-likeness (QED) is 0.850. The van der Waals surface area contributed by atoms with E-state index in [2.05, 4.69) is 28.8 Å². The Balaban J connectivity index is 1.92. The van der Waals surface area contributed by atoms with Crippen LogP contribution in [-0.4, -0.2) is 15.0 Å². The van der Waals surface area contributed by atoms with Gasteiger partial charge in [0.2, 0.25) is 5.95 Å². The Labute approximate surface area is 102 Å². The monoisotopic (exact) mass is 232 g/mol. The van der Waals surface area contributed by atoms with Crippen LogP contribution >= 0.6 is 0 Å². The smallest absolute Gasteiger partial charge is 0.223 e. The maximum Gasteiger partial charge on any atom is 0.223 e. The molecular weight excluding hydrogens is 212 g/mol. The Kier molecular flexibility index (Phi) is 2.53. The lowest BCUT2D eigenvalue weighted by Crippen LogP contribution is -2.16. The molecule has 2 saturated carbocycles. The van der Waals surface area contributed by atoms with E-state index in [4.69, 9.17) is 5.73 Å². The second kappa shape index (κ2) is 3.93. The maximum atomic E-state index is 5.80. The summed E-state index contributed by atoms with van der Waals surface area (Å²) >= 11 is 0. The summed E-state index contributed by atoms with van der Waals surface area (Å²) in [6, 6.07) is 0. The van der Waals surface area contributed by atoms with E-state index in [0.29, 0.717) is 17.8 Å². The fraction of sp³-hybridized carbons (Fsp3) is 0.769. The molecule has 0 spiro atoms. The number of hydrogen-bond acceptors (Lipinski definition) is 4. The Morgan fingerprint density at radius 3 is 2.53 bits per heavy atom. The molecule has 2 aliphatic carbocycles. The molecule has 0 aliphatic heterocycles. The largest absolute Gasteiger partial charge is 0.368 e. The van der Waals surface area contributed by atoms with Crippen molar-refractivity contribution < 1.29 is 0 Å². The van der Waals surface area contributed by atoms with E-state index >= 15 is 0 Å². The zero-order valence-electron chi connectivity index (χ0n) is 10.6. The predicted molar refractivity (Wildman–Crippen MR) is 66.5 cm³/mol. The summed E-state index contributed by atoms with van der Waals surface area (Å²) in [4.78, 5) is 13.2. The molecule has 1 aromatic rings. The van der Waals surface area contributed by atoms with Gasteiger partial charge in [0.05, 0.1) is 0 Å². The van der Waals surface area contributed by atoms with Crippen LogP contribution < -0.4 is 5.73 Å². The van der Waals surface area contributed by atoms with Gasteiger partial charge in [-0.2, -0.15) is 9.97 Å². The van der Waals surface area contributed by atoms with Crippen LogP contribution in [-0.2, 0) is 0 Å². The van der Waals surface area contributed by atoms with E-state index in [-0.39, 0.29) is 0 Å². The average molecular weight is 232 g/mol. The van der Waals surface area contributed by atoms with Gasteiger partial charge in [0.25, 0.3) is 0 Å². The van der Waals surface area contributed by atoms with Crippen molar-refractivity contribution in [3.63, 3.8) is 0 Å². The molecule has 2 fully saturated rings. The molecule has 0 aromatic carbocycles. The molecule has 2 aliphatic rings. The normalized spacial score (nSPS) is 31.4. The molecule has 92 valence electrons. The number of nitrogens with two attached hydrogens (primary N) is 1. The highest BCUT2D eigenvalue weighted by atomic mass is 15.1. The molecule has 2 bridgehead atoms. The molecule has 3 rings (SSSR count). The summed E-state index contributed by atoms with van der Waals surface area (Å²) in [6.45, 7) is 4.19. The van der Waals surface area contributed by atoms with E-state index in [0.717, 1.165) is 23.5 Å². The van der Waals surface area contributed by atoms with Gasteiger partial charge in [-0.3, -0.25) is 0 Å². The van der Waals surface area contributed by atoms with Crippen LogP contribution in [0, 0.1) is 11.8 Å². The zero-order valence-corrected chi connectivity index (χ0v) is 10.6. The average Bonchev–Trinajstić information content (AvgIpc) is 2.89. The van der Waals surface area contributed by atoms with Crippen LogP contribution in [0.2, 0.25) is 0 Å². The molecule has 1 aromatic heterocycles. The van der Waals surface area contributed by atoms with Gasteiger partial charge < -0.3 is 5.73 Å². The van der Waals surface area contributed by atoms with Crippen LogP contribution in [0.5, 0.6) is 0 Å². The molecule has 0 amide bonds. The van der Waals surface area contributed by atoms with Gasteiger partial charge in [0.1, 0.15) is 11.6 Å². The number of anilines is 1. The molecule has 17 heavy (non-hydrogen) atoms. The standard InChI is InChI=1S/C13H20N4/c1-7(2)11-15-12(17-13(14)16-11)10-6-8-3-4-9(10)5-8/h7-10H,3-6H2,1-2H3,(H2,14,15,16,17). The highest BCUT2D eigenvalue weighted by molar-refractivity contribution is 5.20. The molecule has 0 saturated heterocycles. The molecule has 1 heterocycles. The lowest BCUT2D eigenvalue weighted by atomic mass is 9.88. The molecule has 3 atom stereocenters. The summed E-state index contributed by atoms with van der Waals surface area (Å²) in [5.41, 5.74) is 5.80. The van der Waals surface area contributed by atoms with Crippen LogP contribution in [0.1, 0.15) is 63.0 Å². The third kappa shape index (κ3) is 1.90. The molecule has 2 N–H and O–H groups in total. The first-order valence-electron chi connectivity index (χ1n) is 6.65. The second-order valence-corrected chi connectivity index (χ2v) is 5.85. The van der Waals surface area contributed by atoms with Crippen LogP contribution in [0.15, 0.2) is 0 Å². The molecule has 3 unspecified atom stereocenters. The Bertz CT molecular complexity index is 429. The molecule has 0 radical (unpaired) electrons. The number of fused-ring (bicyclic) bond motifs is 2. The lowest BCUT2D eigenvalue weighted by molar-refractivity contribution is 0.403. The number of nitrogen functional groups attached to an aromatic ring is 1. The molecule has 4 nitrogen and oxygen atoms in total. The van der Waals surface area contributed by atoms with Crippen molar-refractivity contribution in [3.8, 4) is 0 Å². The highest BCUT2D eigenvalue weighted by Gasteiger charge is 2.41. The van der Waals surface area contributed by atoms with Crippen molar-refractivity contribution in [3.05, 3.63) is 11.6 Å². The third-order valence-electron chi connectivity index (χ3n) is 4.27. The topological polar surface area (TPSA) is 64.7 Å². The maximum absolute atomic E-state index is 5.80. The third-order valence-corrected chi connectivity index (χ3v) is 4.27. The van der Waals surface area contributed by atoms with Crippen molar-refractivity contribution in [2.24, 2.45) is 11.8 Å². The number of rotatable bonds is 2. The van der Waals surface area contributed by atoms with Crippen molar-refractivity contribution in [2.45, 2.75) is 51.4 Å². The minimum absolute atomic E-state index is 0.317. The van der Waals surface area contributed by atoms with E-state index < -0.39 is 0 Å². The molecule has 4 heteroatoms. The van der Waals surface area contributed by atoms with E-state index in [1.807, 2.05) is 0 Å². The zero-order chi connectivity index (χ0) is 12.0. The minimum Gasteiger partial charge on any atom is -0.368 e. The van der Waals surface area contributed by atoms with Gasteiger partial charge in [-0.15, -0.1) is 0 Å². The Hall–Kier alpha value is -1.19. The summed E-state index contributed by atoms with van der Waals surface area (Å²) in [5, 5.41) is 0. The van der Waals surface area contributed by atoms with Gasteiger partial charge in [-0.1, -0.05) is 20.3 Å². The van der Waals surface area contributed by atoms with Gasteiger partial charge in [0, 0.05) is 11.8 Å². The summed E-state index contributed by atoms with van der Waals surface area (Å²) < 4.78 is 0. The summed E-state index contributed by atoms with van der Waals surface area (Å²) in [6.07, 6.45) is 5.37. The van der Waals surface area contributed by atoms with Crippen molar-refractivity contribution in [1.29, 1.82) is 0 Å². The first-order chi connectivity index (χ1) is 8.13. The highest BCUT2D eigenvalue weighted by Crippen LogP contribution is 2.52. The van der Waals surface area contributed by atoms with Crippen LogP contribution in [0.3, 0.4) is 0 Å². The fourth-order valence-electron chi connectivity index (χ4n) is 3.41. The van der Waals surface area contributed by atoms with Crippen molar-refractivity contribution in [1.82, 2.24) is 15.0 Å². The van der Waals surface area contributed by atoms with Gasteiger partial charge >= 0.3 is 0 Å². The second-order valence-electron chi connectivity index (χ2n) is 5.85. The number of aromatic nitrogens is 3. The summed E-state index contributed by atoms with van der Waals surface area (Å²) in [7, 11) is 0. The Morgan fingerprint density at radius 1 is 1.12 bits per heavy atom. The summed E-state index contributed by atoms with van der Waals surface area (Å²) in [5.74, 6) is 4.74. The molecular formula is C13H20N4. The number of hydrogen-bond donors (Lipinski definition) is 1. The van der Waals surface area contributed by atoms with Crippen LogP contribution in [0.4, 0.5) is 5.95 Å². The van der Waals surface area contributed by atoms with Crippen molar-refractivity contribution >= 4 is 5.95 Å². The Morgan fingerprint density at radius 2 is 1.94 bits per heavy atom. The van der Waals surface area contributed by atoms with Crippen LogP contribution in [0.25, 0.3) is 0 Å². The van der Waals surface area contributed by atoms with Gasteiger partial charge in [-0.25, -0.2) is 4.98 Å². The first-order valence-corrected chi connectivity index (χ1v) is 6.65. The lowest BCUT2D eigenvalue weighted by Gasteiger charge is -2.20. The SMILES string of the molecule is CC(C)c1nc(N)nc(C2CC3CCC2C3)n1. The fourth-order valence-corrected chi connectivity index (χ4v) is 3.41. The minimum atomic E-state index is 0.317. The van der Waals surface area contributed by atoms with E-state index in [1.54, 1.807) is 0 Å². The predicted octanol–water partition coefficient (Wildman–Crippen LogP) is 2.48. The number of nitrogens with zero attached hydrogens (tertiary/aromatic N) is 3.